The summed E-state index contributed by atoms with van der Waals surface area (Å²) in [6.07, 6.45) is 4.25. The van der Waals surface area contributed by atoms with E-state index >= 15 is 0 Å². The minimum absolute atomic E-state index is 0.0538. The molecule has 1 amide bonds. The van der Waals surface area contributed by atoms with Crippen LogP contribution in [0.15, 0.2) is 41.6 Å². The van der Waals surface area contributed by atoms with Crippen LogP contribution in [0.1, 0.15) is 23.6 Å². The van der Waals surface area contributed by atoms with Crippen LogP contribution in [0.5, 0.6) is 0 Å². The van der Waals surface area contributed by atoms with Gasteiger partial charge in [0.25, 0.3) is 0 Å². The molecule has 2 aromatic heterocycles. The first kappa shape index (κ1) is 16.5. The number of rotatable bonds is 3. The van der Waals surface area contributed by atoms with Gasteiger partial charge in [-0.2, -0.15) is 0 Å². The largest absolute Gasteiger partial charge is 0.340 e. The third-order valence-corrected chi connectivity index (χ3v) is 5.24. The molecular formula is C19H21N5O2. The third kappa shape index (κ3) is 2.69. The van der Waals surface area contributed by atoms with E-state index in [1.54, 1.807) is 22.4 Å². The maximum absolute atomic E-state index is 12.7. The van der Waals surface area contributed by atoms with Crippen molar-refractivity contribution in [1.29, 1.82) is 0 Å². The average molecular weight is 351 g/mol. The summed E-state index contributed by atoms with van der Waals surface area (Å²) < 4.78 is 3.27. The molecule has 0 bridgehead atoms. The van der Waals surface area contributed by atoms with Gasteiger partial charge in [0.1, 0.15) is 11.8 Å². The van der Waals surface area contributed by atoms with E-state index in [0.717, 1.165) is 17.5 Å². The molecule has 4 rings (SSSR count). The van der Waals surface area contributed by atoms with Gasteiger partial charge in [-0.25, -0.2) is 14.8 Å². The number of nitrogens with zero attached hydrogens (tertiary/aromatic N) is 5. The molecule has 0 unspecified atom stereocenters. The molecule has 1 saturated heterocycles. The van der Waals surface area contributed by atoms with Crippen LogP contribution in [-0.2, 0) is 18.3 Å². The third-order valence-electron chi connectivity index (χ3n) is 5.24. The Morgan fingerprint density at radius 3 is 2.92 bits per heavy atom. The zero-order valence-corrected chi connectivity index (χ0v) is 14.9. The van der Waals surface area contributed by atoms with Crippen LogP contribution in [0.4, 0.5) is 0 Å². The van der Waals surface area contributed by atoms with Gasteiger partial charge < -0.3 is 4.90 Å². The molecule has 1 aliphatic heterocycles. The minimum Gasteiger partial charge on any atom is -0.340 e. The van der Waals surface area contributed by atoms with Gasteiger partial charge in [-0.1, -0.05) is 24.3 Å². The first-order valence-electron chi connectivity index (χ1n) is 8.75. The molecule has 134 valence electrons. The van der Waals surface area contributed by atoms with Crippen LogP contribution in [0.3, 0.4) is 0 Å². The Morgan fingerprint density at radius 2 is 2.12 bits per heavy atom. The fourth-order valence-corrected chi connectivity index (χ4v) is 3.68. The summed E-state index contributed by atoms with van der Waals surface area (Å²) in [6.45, 7) is 3.21. The molecule has 0 spiro atoms. The number of hydrogen-bond acceptors (Lipinski definition) is 4. The number of carbonyl (C=O) groups excluding carboxylic acids is 1. The van der Waals surface area contributed by atoms with Gasteiger partial charge in [0.2, 0.25) is 5.91 Å². The molecule has 1 aliphatic rings. The van der Waals surface area contributed by atoms with E-state index in [-0.39, 0.29) is 17.6 Å². The molecule has 7 heteroatoms. The number of benzene rings is 1. The molecule has 3 aromatic rings. The van der Waals surface area contributed by atoms with Crippen molar-refractivity contribution >= 4 is 17.1 Å². The summed E-state index contributed by atoms with van der Waals surface area (Å²) in [4.78, 5) is 35.5. The van der Waals surface area contributed by atoms with Crippen LogP contribution in [0.2, 0.25) is 0 Å². The van der Waals surface area contributed by atoms with E-state index in [1.165, 1.54) is 6.33 Å². The molecule has 0 saturated carbocycles. The fourth-order valence-electron chi connectivity index (χ4n) is 3.68. The Morgan fingerprint density at radius 1 is 1.31 bits per heavy atom. The Balaban J connectivity index is 1.56. The van der Waals surface area contributed by atoms with Crippen LogP contribution in [0, 0.1) is 6.92 Å². The molecule has 0 radical (unpaired) electrons. The highest BCUT2D eigenvalue weighted by molar-refractivity contribution is 5.79. The first-order chi connectivity index (χ1) is 12.6. The summed E-state index contributed by atoms with van der Waals surface area (Å²) in [7, 11) is 1.72. The van der Waals surface area contributed by atoms with Crippen LogP contribution >= 0.6 is 0 Å². The lowest BCUT2D eigenvalue weighted by atomic mass is 10.1. The van der Waals surface area contributed by atoms with Gasteiger partial charge in [-0.3, -0.25) is 13.9 Å². The van der Waals surface area contributed by atoms with Crippen molar-refractivity contribution in [3.63, 3.8) is 0 Å². The Labute approximate surface area is 150 Å². The second-order valence-electron chi connectivity index (χ2n) is 6.83. The molecular weight excluding hydrogens is 330 g/mol. The van der Waals surface area contributed by atoms with Crippen molar-refractivity contribution in [2.75, 3.05) is 13.1 Å². The van der Waals surface area contributed by atoms with E-state index in [2.05, 4.69) is 9.97 Å². The van der Waals surface area contributed by atoms with Gasteiger partial charge in [0.15, 0.2) is 5.65 Å². The van der Waals surface area contributed by atoms with E-state index in [1.807, 2.05) is 36.1 Å². The lowest BCUT2D eigenvalue weighted by Gasteiger charge is -2.17. The zero-order chi connectivity index (χ0) is 18.3. The summed E-state index contributed by atoms with van der Waals surface area (Å²) in [5, 5.41) is 0. The lowest BCUT2D eigenvalue weighted by molar-refractivity contribution is -0.129. The predicted molar refractivity (Wildman–Crippen MR) is 97.9 cm³/mol. The molecule has 1 fully saturated rings. The molecule has 0 N–H and O–H groups in total. The SMILES string of the molecule is Cc1ccccc1CC(=O)N1CC[C@@H](n2c(=O)n(C)c3cncnc32)C1. The lowest BCUT2D eigenvalue weighted by Crippen LogP contribution is -2.32. The maximum Gasteiger partial charge on any atom is 0.330 e. The van der Waals surface area contributed by atoms with Crippen LogP contribution in [-0.4, -0.2) is 43.0 Å². The van der Waals surface area contributed by atoms with Gasteiger partial charge in [0.05, 0.1) is 18.7 Å². The highest BCUT2D eigenvalue weighted by Gasteiger charge is 2.30. The summed E-state index contributed by atoms with van der Waals surface area (Å²) in [5.74, 6) is 0.102. The van der Waals surface area contributed by atoms with Crippen LogP contribution in [0.25, 0.3) is 11.2 Å². The topological polar surface area (TPSA) is 73.0 Å². The molecule has 0 aliphatic carbocycles. The number of fused-ring (bicyclic) bond motifs is 1. The van der Waals surface area contributed by atoms with E-state index < -0.39 is 0 Å². The first-order valence-corrected chi connectivity index (χ1v) is 8.75. The molecule has 26 heavy (non-hydrogen) atoms. The van der Waals surface area contributed by atoms with Gasteiger partial charge >= 0.3 is 5.69 Å². The predicted octanol–water partition coefficient (Wildman–Crippen LogP) is 1.45. The normalized spacial score (nSPS) is 17.2. The van der Waals surface area contributed by atoms with Crippen molar-refractivity contribution < 1.29 is 4.79 Å². The molecule has 1 atom stereocenters. The smallest absolute Gasteiger partial charge is 0.330 e. The summed E-state index contributed by atoms with van der Waals surface area (Å²) in [5.41, 5.74) is 3.40. The van der Waals surface area contributed by atoms with Crippen molar-refractivity contribution in [1.82, 2.24) is 24.0 Å². The second kappa shape index (κ2) is 6.40. The monoisotopic (exact) mass is 351 g/mol. The summed E-state index contributed by atoms with van der Waals surface area (Å²) >= 11 is 0. The van der Waals surface area contributed by atoms with E-state index in [4.69, 9.17) is 0 Å². The highest BCUT2D eigenvalue weighted by atomic mass is 16.2. The minimum atomic E-state index is -0.112. The average Bonchev–Trinajstić information content (AvgIpc) is 3.21. The fraction of sp³-hybridized carbons (Fsp3) is 0.368. The number of aromatic nitrogens is 4. The van der Waals surface area contributed by atoms with Gasteiger partial charge in [-0.05, 0) is 24.5 Å². The Bertz CT molecular complexity index is 1040. The number of amides is 1. The maximum atomic E-state index is 12.7. The highest BCUT2D eigenvalue weighted by Crippen LogP contribution is 2.24. The second-order valence-corrected chi connectivity index (χ2v) is 6.83. The van der Waals surface area contributed by atoms with E-state index in [9.17, 15) is 9.59 Å². The van der Waals surface area contributed by atoms with E-state index in [0.29, 0.717) is 30.7 Å². The molecule has 1 aromatic carbocycles. The van der Waals surface area contributed by atoms with Crippen molar-refractivity contribution in [2.24, 2.45) is 7.05 Å². The number of carbonyl (C=O) groups is 1. The quantitative estimate of drug-likeness (QED) is 0.716. The number of aryl methyl sites for hydroxylation is 2. The van der Waals surface area contributed by atoms with Crippen molar-refractivity contribution in [3.8, 4) is 0 Å². The van der Waals surface area contributed by atoms with Crippen LogP contribution < -0.4 is 5.69 Å². The number of imidazole rings is 1. The van der Waals surface area contributed by atoms with Gasteiger partial charge in [-0.15, -0.1) is 0 Å². The number of hydrogen-bond donors (Lipinski definition) is 0. The Kier molecular flexibility index (Phi) is 4.06. The molecule has 7 nitrogen and oxygen atoms in total. The number of likely N-dealkylation sites (tertiary alicyclic amines) is 1. The Hall–Kier alpha value is -2.96. The van der Waals surface area contributed by atoms with Gasteiger partial charge in [0, 0.05) is 20.1 Å². The molecule has 3 heterocycles. The zero-order valence-electron chi connectivity index (χ0n) is 14.9. The van der Waals surface area contributed by atoms with Crippen molar-refractivity contribution in [2.45, 2.75) is 25.8 Å². The van der Waals surface area contributed by atoms with Crippen molar-refractivity contribution in [3.05, 3.63) is 58.4 Å². The summed E-state index contributed by atoms with van der Waals surface area (Å²) in [6, 6.07) is 7.89. The standard InChI is InChI=1S/C19H21N5O2/c1-13-5-3-4-6-14(13)9-17(25)23-8-7-15(11-23)24-18-16(10-20-12-21-18)22(2)19(24)26/h3-6,10,12,15H,7-9,11H2,1-2H3/t15-/m1/s1.